The van der Waals surface area contributed by atoms with Crippen molar-refractivity contribution in [3.05, 3.63) is 10.7 Å². The van der Waals surface area contributed by atoms with Crippen LogP contribution in [0.5, 0.6) is 11.5 Å². The van der Waals surface area contributed by atoms with E-state index in [1.807, 2.05) is 12.3 Å². The normalized spacial score (nSPS) is 9.85. The van der Waals surface area contributed by atoms with Crippen molar-refractivity contribution in [3.63, 3.8) is 0 Å². The molecule has 0 radical (unpaired) electrons. The van der Waals surface area contributed by atoms with E-state index in [4.69, 9.17) is 9.47 Å². The molecule has 0 spiro atoms. The third kappa shape index (κ3) is 2.28. The van der Waals surface area contributed by atoms with Crippen molar-refractivity contribution in [2.75, 3.05) is 20.5 Å². The first-order valence-electron chi connectivity index (χ1n) is 3.55. The van der Waals surface area contributed by atoms with Crippen molar-refractivity contribution in [2.24, 2.45) is 0 Å². The Morgan fingerprint density at radius 2 is 2.08 bits per heavy atom. The maximum atomic E-state index is 5.15. The molecule has 0 aliphatic carbocycles. The second-order valence-electron chi connectivity index (χ2n) is 2.19. The Bertz CT molecular complexity index is 306. The van der Waals surface area contributed by atoms with Crippen LogP contribution >= 0.6 is 27.7 Å². The van der Waals surface area contributed by atoms with E-state index in [1.54, 1.807) is 26.0 Å². The molecule has 0 aliphatic rings. The summed E-state index contributed by atoms with van der Waals surface area (Å²) in [6.07, 6.45) is 1.96. The minimum Gasteiger partial charge on any atom is -0.493 e. The second-order valence-corrected chi connectivity index (χ2v) is 3.77. The van der Waals surface area contributed by atoms with Gasteiger partial charge in [-0.2, -0.15) is 0 Å². The third-order valence-corrected chi connectivity index (χ3v) is 2.67. The van der Waals surface area contributed by atoms with Gasteiger partial charge in [0.05, 0.1) is 14.2 Å². The maximum absolute atomic E-state index is 5.15. The van der Waals surface area contributed by atoms with E-state index in [1.165, 1.54) is 0 Å². The van der Waals surface area contributed by atoms with Gasteiger partial charge >= 0.3 is 0 Å². The molecule has 0 aliphatic heterocycles. The van der Waals surface area contributed by atoms with Gasteiger partial charge < -0.3 is 9.47 Å². The molecule has 0 amide bonds. The number of thioether (sulfide) groups is 1. The lowest BCUT2D eigenvalue weighted by molar-refractivity contribution is 0.349. The Morgan fingerprint density at radius 1 is 1.38 bits per heavy atom. The highest BCUT2D eigenvalue weighted by Gasteiger charge is 2.11. The summed E-state index contributed by atoms with van der Waals surface area (Å²) in [5, 5.41) is 0.893. The van der Waals surface area contributed by atoms with Crippen LogP contribution < -0.4 is 9.47 Å². The fourth-order valence-corrected chi connectivity index (χ4v) is 1.97. The molecular formula is C8H10BrNO2S. The molecule has 0 aromatic carbocycles. The zero-order valence-corrected chi connectivity index (χ0v) is 10.0. The smallest absolute Gasteiger partial charge is 0.193 e. The first kappa shape index (κ1) is 10.7. The Kier molecular flexibility index (Phi) is 3.87. The van der Waals surface area contributed by atoms with Gasteiger partial charge in [0.1, 0.15) is 5.03 Å². The van der Waals surface area contributed by atoms with Crippen LogP contribution in [0.3, 0.4) is 0 Å². The number of rotatable bonds is 3. The first-order chi connectivity index (χ1) is 6.22. The van der Waals surface area contributed by atoms with E-state index in [0.29, 0.717) is 16.1 Å². The predicted octanol–water partition coefficient (Wildman–Crippen LogP) is 2.58. The summed E-state index contributed by atoms with van der Waals surface area (Å²) in [5.74, 6) is 1.31. The van der Waals surface area contributed by atoms with Gasteiger partial charge in [0, 0.05) is 6.07 Å². The molecule has 1 aromatic rings. The average molecular weight is 264 g/mol. The first-order valence-corrected chi connectivity index (χ1v) is 5.57. The maximum Gasteiger partial charge on any atom is 0.193 e. The van der Waals surface area contributed by atoms with Crippen LogP contribution in [-0.2, 0) is 0 Å². The number of methoxy groups -OCH3 is 2. The van der Waals surface area contributed by atoms with E-state index in [-0.39, 0.29) is 0 Å². The molecule has 3 nitrogen and oxygen atoms in total. The second kappa shape index (κ2) is 4.72. The number of aromatic nitrogens is 1. The summed E-state index contributed by atoms with van der Waals surface area (Å²) in [7, 11) is 3.19. The Hall–Kier alpha value is -0.420. The highest BCUT2D eigenvalue weighted by atomic mass is 79.9. The largest absolute Gasteiger partial charge is 0.493 e. The van der Waals surface area contributed by atoms with Crippen molar-refractivity contribution < 1.29 is 9.47 Å². The number of ether oxygens (including phenoxy) is 2. The standard InChI is InChI=1S/C8H10BrNO2S/c1-11-5-4-6(13-3)10-8(9)7(5)12-2/h4H,1-3H3. The van der Waals surface area contributed by atoms with Gasteiger partial charge in [-0.1, -0.05) is 0 Å². The Balaban J connectivity index is 3.20. The van der Waals surface area contributed by atoms with Crippen molar-refractivity contribution in [1.29, 1.82) is 0 Å². The molecule has 0 fully saturated rings. The van der Waals surface area contributed by atoms with Crippen molar-refractivity contribution >= 4 is 27.7 Å². The van der Waals surface area contributed by atoms with Crippen LogP contribution in [-0.4, -0.2) is 25.5 Å². The van der Waals surface area contributed by atoms with Crippen LogP contribution in [0.25, 0.3) is 0 Å². The third-order valence-electron chi connectivity index (χ3n) is 1.51. The topological polar surface area (TPSA) is 31.4 Å². The van der Waals surface area contributed by atoms with Gasteiger partial charge in [0.15, 0.2) is 16.1 Å². The summed E-state index contributed by atoms with van der Waals surface area (Å²) in [4.78, 5) is 4.25. The Morgan fingerprint density at radius 3 is 2.54 bits per heavy atom. The number of pyridine rings is 1. The molecule has 72 valence electrons. The number of hydrogen-bond donors (Lipinski definition) is 0. The van der Waals surface area contributed by atoms with Crippen molar-refractivity contribution in [1.82, 2.24) is 4.98 Å². The fraction of sp³-hybridized carbons (Fsp3) is 0.375. The lowest BCUT2D eigenvalue weighted by atomic mass is 10.4. The summed E-state index contributed by atoms with van der Waals surface area (Å²) < 4.78 is 10.9. The molecule has 0 unspecified atom stereocenters. The molecular weight excluding hydrogens is 254 g/mol. The minimum absolute atomic E-state index is 0.625. The molecule has 0 saturated carbocycles. The molecule has 1 rings (SSSR count). The predicted molar refractivity (Wildman–Crippen MR) is 56.8 cm³/mol. The van der Waals surface area contributed by atoms with Crippen LogP contribution in [0.1, 0.15) is 0 Å². The van der Waals surface area contributed by atoms with Crippen molar-refractivity contribution in [2.45, 2.75) is 5.03 Å². The van der Waals surface area contributed by atoms with Crippen molar-refractivity contribution in [3.8, 4) is 11.5 Å². The SMILES string of the molecule is COc1cc(SC)nc(Br)c1OC. The zero-order valence-electron chi connectivity index (χ0n) is 7.63. The highest BCUT2D eigenvalue weighted by molar-refractivity contribution is 9.10. The Labute approximate surface area is 90.0 Å². The molecule has 0 bridgehead atoms. The lowest BCUT2D eigenvalue weighted by Crippen LogP contribution is -1.94. The molecule has 0 atom stereocenters. The van der Waals surface area contributed by atoms with Crippen LogP contribution in [0, 0.1) is 0 Å². The van der Waals surface area contributed by atoms with Gasteiger partial charge in [-0.15, -0.1) is 11.8 Å². The highest BCUT2D eigenvalue weighted by Crippen LogP contribution is 2.35. The van der Waals surface area contributed by atoms with Crippen LogP contribution in [0.4, 0.5) is 0 Å². The molecule has 13 heavy (non-hydrogen) atoms. The van der Waals surface area contributed by atoms with Crippen LogP contribution in [0.2, 0.25) is 0 Å². The molecule has 5 heteroatoms. The van der Waals surface area contributed by atoms with E-state index in [2.05, 4.69) is 20.9 Å². The fourth-order valence-electron chi connectivity index (χ4n) is 0.900. The lowest BCUT2D eigenvalue weighted by Gasteiger charge is -2.09. The monoisotopic (exact) mass is 263 g/mol. The zero-order chi connectivity index (χ0) is 9.84. The number of nitrogens with zero attached hydrogens (tertiary/aromatic N) is 1. The number of hydrogen-bond acceptors (Lipinski definition) is 4. The molecule has 0 N–H and O–H groups in total. The number of halogens is 1. The minimum atomic E-state index is 0.625. The van der Waals surface area contributed by atoms with Crippen LogP contribution in [0.15, 0.2) is 15.7 Å². The summed E-state index contributed by atoms with van der Waals surface area (Å²) >= 11 is 4.87. The quantitative estimate of drug-likeness (QED) is 0.620. The summed E-state index contributed by atoms with van der Waals surface area (Å²) in [6.45, 7) is 0. The molecule has 1 heterocycles. The van der Waals surface area contributed by atoms with E-state index in [9.17, 15) is 0 Å². The average Bonchev–Trinajstić information content (AvgIpc) is 2.16. The molecule has 1 aromatic heterocycles. The van der Waals surface area contributed by atoms with Gasteiger partial charge in [0.2, 0.25) is 0 Å². The van der Waals surface area contributed by atoms with Gasteiger partial charge in [0.25, 0.3) is 0 Å². The van der Waals surface area contributed by atoms with E-state index >= 15 is 0 Å². The summed E-state index contributed by atoms with van der Waals surface area (Å²) in [6, 6.07) is 1.84. The van der Waals surface area contributed by atoms with Gasteiger partial charge in [-0.3, -0.25) is 0 Å². The van der Waals surface area contributed by atoms with Gasteiger partial charge in [-0.05, 0) is 22.2 Å². The van der Waals surface area contributed by atoms with Gasteiger partial charge in [-0.25, -0.2) is 4.98 Å². The summed E-state index contributed by atoms with van der Waals surface area (Å²) in [5.41, 5.74) is 0. The van der Waals surface area contributed by atoms with E-state index in [0.717, 1.165) is 5.03 Å². The van der Waals surface area contributed by atoms with E-state index < -0.39 is 0 Å². The molecule has 0 saturated heterocycles.